The number of hydrogen-bond acceptors (Lipinski definition) is 7. The van der Waals surface area contributed by atoms with Crippen molar-refractivity contribution in [3.63, 3.8) is 0 Å². The Hall–Kier alpha value is -2.61. The normalized spacial score (nSPS) is 23.9. The molecule has 0 spiro atoms. The molecule has 1 aliphatic carbocycles. The quantitative estimate of drug-likeness (QED) is 0.311. The Morgan fingerprint density at radius 3 is 2.55 bits per heavy atom. The van der Waals surface area contributed by atoms with Crippen LogP contribution >= 0.6 is 0 Å². The second-order valence-corrected chi connectivity index (χ2v) is 7.95. The Labute approximate surface area is 185 Å². The Bertz CT molecular complexity index is 856. The van der Waals surface area contributed by atoms with E-state index in [9.17, 15) is 36.9 Å². The third kappa shape index (κ3) is 6.47. The summed E-state index contributed by atoms with van der Waals surface area (Å²) >= 11 is 0. The number of nitrogens with one attached hydrogen (secondary N) is 3. The summed E-state index contributed by atoms with van der Waals surface area (Å²) in [6, 6.07) is 0.398. The second kappa shape index (κ2) is 10.5. The number of ether oxygens (including phenoxy) is 1. The van der Waals surface area contributed by atoms with Crippen LogP contribution < -0.4 is 16.0 Å². The summed E-state index contributed by atoms with van der Waals surface area (Å²) in [5, 5.41) is 19.4. The van der Waals surface area contributed by atoms with Crippen molar-refractivity contribution in [2.75, 3.05) is 31.6 Å². The molecule has 33 heavy (non-hydrogen) atoms. The predicted molar refractivity (Wildman–Crippen MR) is 106 cm³/mol. The zero-order valence-corrected chi connectivity index (χ0v) is 17.5. The molecule has 1 unspecified atom stereocenters. The van der Waals surface area contributed by atoms with Crippen LogP contribution in [-0.4, -0.2) is 60.7 Å². The topological polar surface area (TPSA) is 118 Å². The molecule has 1 atom stereocenters. The first-order valence-corrected chi connectivity index (χ1v) is 10.5. The number of hydrogen-bond donors (Lipinski definition) is 3. The van der Waals surface area contributed by atoms with E-state index < -0.39 is 59.5 Å². The minimum absolute atomic E-state index is 0.0195. The maximum atomic E-state index is 13.0. The van der Waals surface area contributed by atoms with Gasteiger partial charge in [0.15, 0.2) is 0 Å². The summed E-state index contributed by atoms with van der Waals surface area (Å²) in [6.45, 7) is 0.150. The van der Waals surface area contributed by atoms with Crippen LogP contribution in [0.2, 0.25) is 0 Å². The molecule has 1 aromatic rings. The summed E-state index contributed by atoms with van der Waals surface area (Å²) in [7, 11) is 0. The van der Waals surface area contributed by atoms with Gasteiger partial charge in [-0.2, -0.15) is 13.2 Å². The van der Waals surface area contributed by atoms with Gasteiger partial charge in [-0.3, -0.25) is 14.9 Å². The fourth-order valence-electron chi connectivity index (χ4n) is 3.96. The lowest BCUT2D eigenvalue weighted by Crippen LogP contribution is -2.41. The molecule has 2 heterocycles. The van der Waals surface area contributed by atoms with Crippen LogP contribution in [0.25, 0.3) is 0 Å². The van der Waals surface area contributed by atoms with Crippen molar-refractivity contribution in [2.45, 2.75) is 50.4 Å². The molecule has 2 aliphatic rings. The number of halogens is 5. The van der Waals surface area contributed by atoms with Gasteiger partial charge in [0, 0.05) is 25.2 Å². The number of aromatic nitrogens is 1. The number of morpholine rings is 1. The van der Waals surface area contributed by atoms with Gasteiger partial charge in [0.1, 0.15) is 6.10 Å². The second-order valence-electron chi connectivity index (χ2n) is 7.95. The molecule has 184 valence electrons. The van der Waals surface area contributed by atoms with Crippen molar-refractivity contribution in [3.05, 3.63) is 27.4 Å². The first-order chi connectivity index (χ1) is 15.6. The first kappa shape index (κ1) is 25.0. The summed E-state index contributed by atoms with van der Waals surface area (Å²) in [6.07, 6.45) is -7.91. The number of carbonyl (C=O) groups is 1. The molecule has 1 aliphatic heterocycles. The Kier molecular flexibility index (Phi) is 8.00. The van der Waals surface area contributed by atoms with Gasteiger partial charge >= 0.3 is 11.9 Å². The zero-order chi connectivity index (χ0) is 24.2. The van der Waals surface area contributed by atoms with E-state index in [0.717, 1.165) is 6.07 Å². The standard InChI is InChI=1S/C19H24F5N5O4/c20-15(21)9-26-17-13(29(31)32)7-12(16(28-17)14-8-25-5-6-33-14)18(30)27-11-3-1-10(2-4-11)19(22,23)24/h7,10-11,14-15,25H,1-6,8-9H2,(H,26,28)(H,27,30). The van der Waals surface area contributed by atoms with Crippen LogP contribution in [0.5, 0.6) is 0 Å². The average Bonchev–Trinajstić information content (AvgIpc) is 2.77. The van der Waals surface area contributed by atoms with Crippen molar-refractivity contribution in [2.24, 2.45) is 5.92 Å². The lowest BCUT2D eigenvalue weighted by atomic mass is 9.85. The maximum absolute atomic E-state index is 13.0. The van der Waals surface area contributed by atoms with Crippen LogP contribution in [-0.2, 0) is 4.74 Å². The SMILES string of the molecule is O=C(NC1CCC(C(F)(F)F)CC1)c1cc([N+](=O)[O-])c(NCC(F)F)nc1C1CNCCO1. The summed E-state index contributed by atoms with van der Waals surface area (Å²) in [5.41, 5.74) is -0.837. The molecule has 1 aromatic heterocycles. The first-order valence-electron chi connectivity index (χ1n) is 10.5. The molecular formula is C19H24F5N5O4. The van der Waals surface area contributed by atoms with Crippen LogP contribution in [0.4, 0.5) is 33.5 Å². The molecule has 9 nitrogen and oxygen atoms in total. The molecule has 0 radical (unpaired) electrons. The lowest BCUT2D eigenvalue weighted by molar-refractivity contribution is -0.384. The monoisotopic (exact) mass is 481 g/mol. The molecule has 1 saturated carbocycles. The molecule has 1 amide bonds. The number of amides is 1. The number of nitrogens with zero attached hydrogens (tertiary/aromatic N) is 2. The Morgan fingerprint density at radius 2 is 2.00 bits per heavy atom. The van der Waals surface area contributed by atoms with Gasteiger partial charge < -0.3 is 20.7 Å². The van der Waals surface area contributed by atoms with Crippen LogP contribution in [0.1, 0.15) is 47.8 Å². The highest BCUT2D eigenvalue weighted by atomic mass is 19.4. The third-order valence-electron chi connectivity index (χ3n) is 5.65. The van der Waals surface area contributed by atoms with Crippen molar-refractivity contribution in [1.82, 2.24) is 15.6 Å². The lowest BCUT2D eigenvalue weighted by Gasteiger charge is -2.30. The predicted octanol–water partition coefficient (Wildman–Crippen LogP) is 3.18. The van der Waals surface area contributed by atoms with Gasteiger partial charge in [0.05, 0.1) is 35.3 Å². The van der Waals surface area contributed by atoms with Crippen molar-refractivity contribution in [1.29, 1.82) is 0 Å². The van der Waals surface area contributed by atoms with Crippen molar-refractivity contribution >= 4 is 17.4 Å². The van der Waals surface area contributed by atoms with Crippen LogP contribution in [0, 0.1) is 16.0 Å². The number of pyridine rings is 1. The van der Waals surface area contributed by atoms with Gasteiger partial charge in [-0.15, -0.1) is 0 Å². The van der Waals surface area contributed by atoms with E-state index in [0.29, 0.717) is 6.54 Å². The Balaban J connectivity index is 1.86. The van der Waals surface area contributed by atoms with Crippen LogP contribution in [0.3, 0.4) is 0 Å². The smallest absolute Gasteiger partial charge is 0.369 e. The molecule has 1 saturated heterocycles. The van der Waals surface area contributed by atoms with Crippen LogP contribution in [0.15, 0.2) is 6.07 Å². The molecule has 14 heteroatoms. The molecule has 3 rings (SSSR count). The maximum Gasteiger partial charge on any atom is 0.391 e. The van der Waals surface area contributed by atoms with E-state index in [2.05, 4.69) is 20.9 Å². The highest BCUT2D eigenvalue weighted by Gasteiger charge is 2.41. The minimum atomic E-state index is -4.29. The van der Waals surface area contributed by atoms with E-state index >= 15 is 0 Å². The van der Waals surface area contributed by atoms with Gasteiger partial charge in [-0.25, -0.2) is 13.8 Å². The highest BCUT2D eigenvalue weighted by molar-refractivity contribution is 5.97. The molecule has 3 N–H and O–H groups in total. The minimum Gasteiger partial charge on any atom is -0.369 e. The molecular weight excluding hydrogens is 457 g/mol. The largest absolute Gasteiger partial charge is 0.391 e. The molecule has 0 aromatic carbocycles. The van der Waals surface area contributed by atoms with E-state index in [4.69, 9.17) is 4.74 Å². The third-order valence-corrected chi connectivity index (χ3v) is 5.65. The molecule has 0 bridgehead atoms. The van der Waals surface area contributed by atoms with E-state index in [1.165, 1.54) is 0 Å². The fraction of sp³-hybridized carbons (Fsp3) is 0.684. The molecule has 2 fully saturated rings. The van der Waals surface area contributed by atoms with E-state index in [1.54, 1.807) is 0 Å². The van der Waals surface area contributed by atoms with Crippen molar-refractivity contribution in [3.8, 4) is 0 Å². The number of nitro groups is 1. The number of anilines is 1. The van der Waals surface area contributed by atoms with Gasteiger partial charge in [-0.1, -0.05) is 0 Å². The summed E-state index contributed by atoms with van der Waals surface area (Å²) in [5.74, 6) is -2.59. The zero-order valence-electron chi connectivity index (χ0n) is 17.5. The number of rotatable bonds is 7. The Morgan fingerprint density at radius 1 is 1.30 bits per heavy atom. The van der Waals surface area contributed by atoms with Gasteiger partial charge in [-0.05, 0) is 25.7 Å². The van der Waals surface area contributed by atoms with Crippen molar-refractivity contribution < 1.29 is 36.4 Å². The van der Waals surface area contributed by atoms with Gasteiger partial charge in [0.25, 0.3) is 12.3 Å². The van der Waals surface area contributed by atoms with E-state index in [-0.39, 0.29) is 50.1 Å². The average molecular weight is 481 g/mol. The summed E-state index contributed by atoms with van der Waals surface area (Å²) in [4.78, 5) is 27.7. The van der Waals surface area contributed by atoms with Gasteiger partial charge in [0.2, 0.25) is 5.82 Å². The highest BCUT2D eigenvalue weighted by Crippen LogP contribution is 2.38. The van der Waals surface area contributed by atoms with E-state index in [1.807, 2.05) is 0 Å². The summed E-state index contributed by atoms with van der Waals surface area (Å²) < 4.78 is 69.6. The number of carbonyl (C=O) groups excluding carboxylic acids is 1. The fourth-order valence-corrected chi connectivity index (χ4v) is 3.96. The number of alkyl halides is 5.